The lowest BCUT2D eigenvalue weighted by atomic mass is 10.3. The van der Waals surface area contributed by atoms with Crippen molar-refractivity contribution < 1.29 is 0 Å². The van der Waals surface area contributed by atoms with Crippen LogP contribution in [0.5, 0.6) is 0 Å². The van der Waals surface area contributed by atoms with Gasteiger partial charge in [0, 0.05) is 44.8 Å². The van der Waals surface area contributed by atoms with Gasteiger partial charge in [-0.3, -0.25) is 0 Å². The van der Waals surface area contributed by atoms with Crippen LogP contribution >= 0.6 is 11.3 Å². The summed E-state index contributed by atoms with van der Waals surface area (Å²) in [7, 11) is 0. The van der Waals surface area contributed by atoms with Gasteiger partial charge in [-0.05, 0) is 18.2 Å². The van der Waals surface area contributed by atoms with Crippen LogP contribution < -0.4 is 9.80 Å². The molecule has 1 saturated heterocycles. The summed E-state index contributed by atoms with van der Waals surface area (Å²) in [5.41, 5.74) is 1.82. The second-order valence-electron chi connectivity index (χ2n) is 6.21. The zero-order valence-electron chi connectivity index (χ0n) is 14.5. The molecular weight excluding hydrogens is 358 g/mol. The maximum Gasteiger partial charge on any atom is 0.226 e. The third-order valence-electron chi connectivity index (χ3n) is 4.51. The Morgan fingerprint density at radius 2 is 1.59 bits per heavy atom. The Kier molecular flexibility index (Phi) is 4.10. The zero-order valence-corrected chi connectivity index (χ0v) is 15.3. The predicted molar refractivity (Wildman–Crippen MR) is 106 cm³/mol. The van der Waals surface area contributed by atoms with E-state index in [-0.39, 0.29) is 0 Å². The molecule has 1 fully saturated rings. The van der Waals surface area contributed by atoms with Crippen molar-refractivity contribution in [3.8, 4) is 10.6 Å². The maximum atomic E-state index is 4.64. The highest BCUT2D eigenvalue weighted by Crippen LogP contribution is 2.29. The molecule has 27 heavy (non-hydrogen) atoms. The number of anilines is 2. The molecule has 8 heteroatoms. The monoisotopic (exact) mass is 374 g/mol. The average Bonchev–Trinajstić information content (AvgIpc) is 3.19. The van der Waals surface area contributed by atoms with Gasteiger partial charge in [-0.25, -0.2) is 24.9 Å². The van der Waals surface area contributed by atoms with Crippen LogP contribution in [0.25, 0.3) is 20.8 Å². The molecule has 5 rings (SSSR count). The first kappa shape index (κ1) is 16.1. The number of rotatable bonds is 3. The van der Waals surface area contributed by atoms with Crippen molar-refractivity contribution in [3.05, 3.63) is 55.1 Å². The molecule has 0 amide bonds. The van der Waals surface area contributed by atoms with Crippen LogP contribution in [-0.4, -0.2) is 51.1 Å². The molecule has 1 aliphatic rings. The number of benzene rings is 1. The van der Waals surface area contributed by atoms with E-state index >= 15 is 0 Å². The maximum absolute atomic E-state index is 4.64. The molecule has 7 nitrogen and oxygen atoms in total. The number of aromatic nitrogens is 5. The van der Waals surface area contributed by atoms with Gasteiger partial charge in [0.05, 0.1) is 15.8 Å². The summed E-state index contributed by atoms with van der Waals surface area (Å²) in [4.78, 5) is 26.6. The van der Waals surface area contributed by atoms with E-state index in [1.165, 1.54) is 0 Å². The van der Waals surface area contributed by atoms with Gasteiger partial charge < -0.3 is 9.80 Å². The third kappa shape index (κ3) is 3.19. The molecule has 1 radical (unpaired) electrons. The highest BCUT2D eigenvalue weighted by molar-refractivity contribution is 7.21. The minimum absolute atomic E-state index is 0.702. The van der Waals surface area contributed by atoms with Crippen LogP contribution in [0.1, 0.15) is 0 Å². The lowest BCUT2D eigenvalue weighted by Crippen LogP contribution is -2.47. The highest BCUT2D eigenvalue weighted by atomic mass is 32.1. The van der Waals surface area contributed by atoms with E-state index in [1.807, 2.05) is 30.5 Å². The first-order valence-corrected chi connectivity index (χ1v) is 9.56. The second-order valence-corrected chi connectivity index (χ2v) is 7.24. The Balaban J connectivity index is 1.29. The zero-order chi connectivity index (χ0) is 18.1. The average molecular weight is 374 g/mol. The molecule has 0 N–H and O–H groups in total. The van der Waals surface area contributed by atoms with Gasteiger partial charge in [0.2, 0.25) is 11.9 Å². The second kappa shape index (κ2) is 6.88. The summed E-state index contributed by atoms with van der Waals surface area (Å²) < 4.78 is 1.16. The molecule has 1 aliphatic heterocycles. The van der Waals surface area contributed by atoms with E-state index in [0.29, 0.717) is 5.95 Å². The number of hydrogen-bond donors (Lipinski definition) is 0. The number of fused-ring (bicyclic) bond motifs is 1. The normalized spacial score (nSPS) is 14.7. The Morgan fingerprint density at radius 1 is 0.852 bits per heavy atom. The number of piperazine rings is 1. The topological polar surface area (TPSA) is 70.9 Å². The van der Waals surface area contributed by atoms with Crippen molar-refractivity contribution >= 4 is 33.5 Å². The SMILES string of the molecule is [c]1nc(N2CCN(c3ncccn3)CC2)ncc1-c1nc2ccccc2s1. The quantitative estimate of drug-likeness (QED) is 0.546. The van der Waals surface area contributed by atoms with Crippen molar-refractivity contribution in [1.29, 1.82) is 0 Å². The molecular formula is C19H16N7S. The Morgan fingerprint density at radius 3 is 2.30 bits per heavy atom. The van der Waals surface area contributed by atoms with Gasteiger partial charge in [-0.15, -0.1) is 11.3 Å². The summed E-state index contributed by atoms with van der Waals surface area (Å²) in [6.45, 7) is 3.33. The summed E-state index contributed by atoms with van der Waals surface area (Å²) >= 11 is 1.63. The fourth-order valence-corrected chi connectivity index (χ4v) is 4.02. The minimum atomic E-state index is 0.702. The standard InChI is InChI=1S/C19H16N7S/c1-2-5-16-15(4-1)24-17(27-16)14-12-22-19(23-13-14)26-10-8-25(9-11-26)18-20-6-3-7-21-18/h1-7,12H,8-11H2. The molecule has 4 aromatic rings. The van der Waals surface area contributed by atoms with E-state index in [1.54, 1.807) is 23.7 Å². The van der Waals surface area contributed by atoms with Crippen LogP contribution in [0.3, 0.4) is 0 Å². The lowest BCUT2D eigenvalue weighted by Gasteiger charge is -2.34. The van der Waals surface area contributed by atoms with E-state index in [9.17, 15) is 0 Å². The van der Waals surface area contributed by atoms with E-state index in [2.05, 4.69) is 47.0 Å². The van der Waals surface area contributed by atoms with Crippen molar-refractivity contribution in [2.24, 2.45) is 0 Å². The molecule has 3 aromatic heterocycles. The molecule has 0 saturated carbocycles. The van der Waals surface area contributed by atoms with Crippen molar-refractivity contribution in [3.63, 3.8) is 0 Å². The number of para-hydroxylation sites is 1. The smallest absolute Gasteiger partial charge is 0.226 e. The van der Waals surface area contributed by atoms with Crippen LogP contribution in [-0.2, 0) is 0 Å². The summed E-state index contributed by atoms with van der Waals surface area (Å²) in [6.07, 6.45) is 8.46. The van der Waals surface area contributed by atoms with Crippen LogP contribution in [0, 0.1) is 6.20 Å². The van der Waals surface area contributed by atoms with Gasteiger partial charge in [0.15, 0.2) is 0 Å². The fourth-order valence-electron chi connectivity index (χ4n) is 3.09. The van der Waals surface area contributed by atoms with Crippen LogP contribution in [0.4, 0.5) is 11.9 Å². The fraction of sp³-hybridized carbons (Fsp3) is 0.211. The molecule has 1 aromatic carbocycles. The van der Waals surface area contributed by atoms with E-state index in [0.717, 1.165) is 52.9 Å². The first-order chi connectivity index (χ1) is 13.4. The van der Waals surface area contributed by atoms with Crippen molar-refractivity contribution in [2.75, 3.05) is 36.0 Å². The van der Waals surface area contributed by atoms with Crippen LogP contribution in [0.15, 0.2) is 48.9 Å². The Hall–Kier alpha value is -3.13. The van der Waals surface area contributed by atoms with Crippen LogP contribution in [0.2, 0.25) is 0 Å². The molecule has 4 heterocycles. The van der Waals surface area contributed by atoms with E-state index in [4.69, 9.17) is 0 Å². The minimum Gasteiger partial charge on any atom is -0.337 e. The van der Waals surface area contributed by atoms with Gasteiger partial charge in [-0.2, -0.15) is 0 Å². The molecule has 0 atom stereocenters. The number of nitrogens with zero attached hydrogens (tertiary/aromatic N) is 7. The molecule has 0 aliphatic carbocycles. The molecule has 0 unspecified atom stereocenters. The molecule has 0 spiro atoms. The summed E-state index contributed by atoms with van der Waals surface area (Å²) in [5.74, 6) is 1.48. The van der Waals surface area contributed by atoms with Gasteiger partial charge in [0.25, 0.3) is 0 Å². The number of thiazole rings is 1. The molecule has 133 valence electrons. The largest absolute Gasteiger partial charge is 0.337 e. The van der Waals surface area contributed by atoms with Crippen molar-refractivity contribution in [1.82, 2.24) is 24.9 Å². The third-order valence-corrected chi connectivity index (χ3v) is 5.58. The highest BCUT2D eigenvalue weighted by Gasteiger charge is 2.20. The summed E-state index contributed by atoms with van der Waals surface area (Å²) in [5, 5.41) is 0.897. The Labute approximate surface area is 160 Å². The van der Waals surface area contributed by atoms with Gasteiger partial charge in [-0.1, -0.05) is 12.1 Å². The first-order valence-electron chi connectivity index (χ1n) is 8.74. The lowest BCUT2D eigenvalue weighted by molar-refractivity contribution is 0.628. The van der Waals surface area contributed by atoms with Gasteiger partial charge in [0.1, 0.15) is 11.2 Å². The van der Waals surface area contributed by atoms with Crippen molar-refractivity contribution in [2.45, 2.75) is 0 Å². The number of hydrogen-bond acceptors (Lipinski definition) is 8. The Bertz CT molecular complexity index is 1010. The molecule has 0 bridgehead atoms. The predicted octanol–water partition coefficient (Wildman–Crippen LogP) is 2.67. The summed E-state index contributed by atoms with van der Waals surface area (Å²) in [6, 6.07) is 9.93. The van der Waals surface area contributed by atoms with E-state index < -0.39 is 0 Å². The van der Waals surface area contributed by atoms with Gasteiger partial charge >= 0.3 is 0 Å².